The Morgan fingerprint density at radius 2 is 1.15 bits per heavy atom. The monoisotopic (exact) mass is 709 g/mol. The lowest BCUT2D eigenvalue weighted by Gasteiger charge is -2.29. The fourth-order valence-electron chi connectivity index (χ4n) is 8.24. The van der Waals surface area contributed by atoms with Gasteiger partial charge in [-0.2, -0.15) is 0 Å². The SMILES string of the molecule is C1=CC(c2ccc(-c3ccccc3N(c3ccc(-c4cccc(-c5ccc6ccccc6c5)c4)cc3)c3cccc4sc5c(c34)CCC=C5)cc2)=CCC1. The van der Waals surface area contributed by atoms with E-state index in [4.69, 9.17) is 0 Å². The van der Waals surface area contributed by atoms with Gasteiger partial charge in [0.05, 0.1) is 11.4 Å². The topological polar surface area (TPSA) is 3.24 Å². The number of nitrogens with zero attached hydrogens (tertiary/aromatic N) is 1. The molecule has 0 saturated carbocycles. The number of anilines is 3. The summed E-state index contributed by atoms with van der Waals surface area (Å²) in [6, 6.07) is 58.3. The molecule has 2 aliphatic carbocycles. The van der Waals surface area contributed by atoms with Gasteiger partial charge < -0.3 is 4.90 Å². The van der Waals surface area contributed by atoms with Crippen LogP contribution in [0, 0.1) is 0 Å². The maximum Gasteiger partial charge on any atom is 0.0551 e. The molecule has 0 saturated heterocycles. The van der Waals surface area contributed by atoms with Gasteiger partial charge in [-0.15, -0.1) is 11.3 Å². The van der Waals surface area contributed by atoms with Gasteiger partial charge in [-0.05, 0) is 130 Å². The van der Waals surface area contributed by atoms with Gasteiger partial charge in [0.1, 0.15) is 0 Å². The molecule has 258 valence electrons. The van der Waals surface area contributed by atoms with Gasteiger partial charge in [0, 0.05) is 26.2 Å². The summed E-state index contributed by atoms with van der Waals surface area (Å²) < 4.78 is 1.34. The molecule has 0 aliphatic heterocycles. The number of para-hydroxylation sites is 1. The van der Waals surface area contributed by atoms with E-state index in [9.17, 15) is 0 Å². The van der Waals surface area contributed by atoms with Gasteiger partial charge in [0.25, 0.3) is 0 Å². The third kappa shape index (κ3) is 5.99. The van der Waals surface area contributed by atoms with Crippen molar-refractivity contribution in [3.8, 4) is 33.4 Å². The molecule has 54 heavy (non-hydrogen) atoms. The van der Waals surface area contributed by atoms with Crippen molar-refractivity contribution in [1.29, 1.82) is 0 Å². The van der Waals surface area contributed by atoms with Gasteiger partial charge in [-0.25, -0.2) is 0 Å². The molecule has 0 amide bonds. The Balaban J connectivity index is 1.08. The van der Waals surface area contributed by atoms with Crippen molar-refractivity contribution in [3.63, 3.8) is 0 Å². The average molecular weight is 710 g/mol. The summed E-state index contributed by atoms with van der Waals surface area (Å²) in [5, 5.41) is 3.90. The maximum atomic E-state index is 2.50. The molecule has 1 heterocycles. The van der Waals surface area contributed by atoms with E-state index in [-0.39, 0.29) is 0 Å². The van der Waals surface area contributed by atoms with Gasteiger partial charge in [-0.1, -0.05) is 140 Å². The predicted octanol–water partition coefficient (Wildman–Crippen LogP) is 15.2. The highest BCUT2D eigenvalue weighted by molar-refractivity contribution is 7.20. The van der Waals surface area contributed by atoms with E-state index < -0.39 is 0 Å². The van der Waals surface area contributed by atoms with Crippen molar-refractivity contribution in [2.45, 2.75) is 25.7 Å². The van der Waals surface area contributed by atoms with Crippen molar-refractivity contribution in [2.24, 2.45) is 0 Å². The first-order chi connectivity index (χ1) is 26.8. The van der Waals surface area contributed by atoms with Crippen molar-refractivity contribution in [1.82, 2.24) is 0 Å². The minimum Gasteiger partial charge on any atom is -0.309 e. The van der Waals surface area contributed by atoms with E-state index >= 15 is 0 Å². The van der Waals surface area contributed by atoms with E-state index in [0.717, 1.165) is 31.4 Å². The molecule has 0 N–H and O–H groups in total. The first-order valence-electron chi connectivity index (χ1n) is 19.0. The van der Waals surface area contributed by atoms with Crippen LogP contribution in [0.25, 0.3) is 65.9 Å². The Labute approximate surface area is 321 Å². The first kappa shape index (κ1) is 32.4. The summed E-state index contributed by atoms with van der Waals surface area (Å²) in [4.78, 5) is 3.89. The quantitative estimate of drug-likeness (QED) is 0.159. The standard InChI is InChI=1S/C52H39NS/c1-2-12-36(13-3-1)38-24-27-40(28-25-38)46-18-6-8-20-48(46)53(49-21-11-23-51-52(49)47-19-7-9-22-50(47)54-51)45-32-30-39(31-33-45)42-16-10-17-43(34-42)44-29-26-37-14-4-5-15-41(37)35-44/h2,4-6,8-18,20-35H,1,3,7,19H2. The molecule has 2 heteroatoms. The second-order valence-corrected chi connectivity index (χ2v) is 15.4. The second kappa shape index (κ2) is 14.0. The number of allylic oxidation sites excluding steroid dienone is 5. The van der Waals surface area contributed by atoms with Crippen molar-refractivity contribution in [2.75, 3.05) is 4.90 Å². The predicted molar refractivity (Wildman–Crippen MR) is 234 cm³/mol. The maximum absolute atomic E-state index is 2.50. The lowest BCUT2D eigenvalue weighted by Crippen LogP contribution is -2.12. The molecule has 0 atom stereocenters. The normalized spacial score (nSPS) is 13.6. The zero-order chi connectivity index (χ0) is 35.8. The smallest absolute Gasteiger partial charge is 0.0551 e. The highest BCUT2D eigenvalue weighted by Gasteiger charge is 2.23. The van der Waals surface area contributed by atoms with Crippen LogP contribution in [0.5, 0.6) is 0 Å². The van der Waals surface area contributed by atoms with Crippen molar-refractivity contribution < 1.29 is 0 Å². The molecular formula is C52H39NS. The van der Waals surface area contributed by atoms with Crippen LogP contribution in [-0.2, 0) is 6.42 Å². The zero-order valence-electron chi connectivity index (χ0n) is 30.1. The number of benzene rings is 7. The molecular weight excluding hydrogens is 671 g/mol. The minimum absolute atomic E-state index is 1.07. The molecule has 8 aromatic rings. The Hall–Kier alpha value is -6.22. The van der Waals surface area contributed by atoms with Crippen molar-refractivity contribution in [3.05, 3.63) is 198 Å². The Bertz CT molecular complexity index is 2760. The molecule has 0 unspecified atom stereocenters. The summed E-state index contributed by atoms with van der Waals surface area (Å²) >= 11 is 1.91. The van der Waals surface area contributed by atoms with Gasteiger partial charge in [0.15, 0.2) is 0 Å². The van der Waals surface area contributed by atoms with Crippen LogP contribution < -0.4 is 4.90 Å². The molecule has 1 nitrogen and oxygen atoms in total. The molecule has 0 bridgehead atoms. The number of thiophene rings is 1. The lowest BCUT2D eigenvalue weighted by molar-refractivity contribution is 1.01. The molecule has 10 rings (SSSR count). The Morgan fingerprint density at radius 3 is 2.00 bits per heavy atom. The van der Waals surface area contributed by atoms with E-state index in [0.29, 0.717) is 0 Å². The number of fused-ring (bicyclic) bond motifs is 4. The summed E-state index contributed by atoms with van der Waals surface area (Å²) in [5.41, 5.74) is 14.9. The highest BCUT2D eigenvalue weighted by Crippen LogP contribution is 2.48. The summed E-state index contributed by atoms with van der Waals surface area (Å²) in [6.45, 7) is 0. The molecule has 0 fully saturated rings. The van der Waals surface area contributed by atoms with E-state index in [1.54, 1.807) is 0 Å². The van der Waals surface area contributed by atoms with Crippen LogP contribution in [-0.4, -0.2) is 0 Å². The number of hydrogen-bond donors (Lipinski definition) is 0. The van der Waals surface area contributed by atoms with Crippen LogP contribution in [0.4, 0.5) is 17.1 Å². The summed E-state index contributed by atoms with van der Waals surface area (Å²) in [7, 11) is 0. The highest BCUT2D eigenvalue weighted by atomic mass is 32.1. The van der Waals surface area contributed by atoms with Crippen LogP contribution in [0.15, 0.2) is 182 Å². The fourth-order valence-corrected chi connectivity index (χ4v) is 9.44. The van der Waals surface area contributed by atoms with Gasteiger partial charge in [0.2, 0.25) is 0 Å². The molecule has 7 aromatic carbocycles. The molecule has 0 radical (unpaired) electrons. The Kier molecular flexibility index (Phi) is 8.39. The second-order valence-electron chi connectivity index (χ2n) is 14.3. The molecule has 0 spiro atoms. The van der Waals surface area contributed by atoms with Gasteiger partial charge >= 0.3 is 0 Å². The fraction of sp³-hybridized carbons (Fsp3) is 0.0769. The molecule has 1 aromatic heterocycles. The van der Waals surface area contributed by atoms with Crippen LogP contribution >= 0.6 is 11.3 Å². The molecule has 2 aliphatic rings. The minimum atomic E-state index is 1.07. The number of hydrogen-bond acceptors (Lipinski definition) is 2. The zero-order valence-corrected chi connectivity index (χ0v) is 30.9. The Morgan fingerprint density at radius 1 is 0.463 bits per heavy atom. The summed E-state index contributed by atoms with van der Waals surface area (Å²) in [6.07, 6.45) is 15.9. The van der Waals surface area contributed by atoms with E-state index in [1.807, 2.05) is 11.3 Å². The van der Waals surface area contributed by atoms with Crippen molar-refractivity contribution >= 4 is 60.9 Å². The van der Waals surface area contributed by atoms with Crippen LogP contribution in [0.1, 0.15) is 35.3 Å². The van der Waals surface area contributed by atoms with Gasteiger partial charge in [-0.3, -0.25) is 0 Å². The first-order valence-corrected chi connectivity index (χ1v) is 19.9. The third-order valence-corrected chi connectivity index (χ3v) is 12.1. The summed E-state index contributed by atoms with van der Waals surface area (Å²) in [5.74, 6) is 0. The largest absolute Gasteiger partial charge is 0.309 e. The van der Waals surface area contributed by atoms with E-state index in [2.05, 4.69) is 193 Å². The van der Waals surface area contributed by atoms with Crippen LogP contribution in [0.2, 0.25) is 0 Å². The number of rotatable bonds is 7. The number of aryl methyl sites for hydroxylation is 1. The average Bonchev–Trinajstić information content (AvgIpc) is 3.64. The lowest BCUT2D eigenvalue weighted by atomic mass is 9.95. The van der Waals surface area contributed by atoms with Crippen LogP contribution in [0.3, 0.4) is 0 Å². The third-order valence-electron chi connectivity index (χ3n) is 11.0. The van der Waals surface area contributed by atoms with E-state index in [1.165, 1.54) is 87.2 Å².